The minimum Gasteiger partial charge on any atom is -0.456 e. The van der Waals surface area contributed by atoms with Crippen molar-refractivity contribution in [1.82, 2.24) is 10.4 Å². The second-order valence-electron chi connectivity index (χ2n) is 23.0. The minimum absolute atomic E-state index is 0.0228. The number of hydrogen-bond acceptors (Lipinski definition) is 15. The molecule has 0 bridgehead atoms. The van der Waals surface area contributed by atoms with E-state index in [1.165, 1.54) is 0 Å². The summed E-state index contributed by atoms with van der Waals surface area (Å²) in [6.07, 6.45) is 3.37. The molecule has 4 N–H and O–H groups in total. The van der Waals surface area contributed by atoms with E-state index in [0.717, 1.165) is 10.7 Å². The van der Waals surface area contributed by atoms with Gasteiger partial charge in [0.05, 0.1) is 108 Å². The molecule has 0 radical (unpaired) electrons. The highest BCUT2D eigenvalue weighted by atomic mass is 35.5. The Morgan fingerprint density at radius 2 is 1.34 bits per heavy atom. The largest absolute Gasteiger partial charge is 0.456 e. The Balaban J connectivity index is 1.09. The van der Waals surface area contributed by atoms with Crippen LogP contribution in [0.15, 0.2) is 18.2 Å². The van der Waals surface area contributed by atoms with Gasteiger partial charge in [0.1, 0.15) is 22.8 Å². The molecule has 0 saturated carbocycles. The van der Waals surface area contributed by atoms with Crippen LogP contribution in [0.5, 0.6) is 11.5 Å². The average Bonchev–Trinajstić information content (AvgIpc) is 3.37. The molecule has 25 heteroatoms. The van der Waals surface area contributed by atoms with Crippen molar-refractivity contribution < 1.29 is 69.1 Å². The molecular formula is C54H68Cl4N4O15S2. The van der Waals surface area contributed by atoms with Crippen molar-refractivity contribution in [3.05, 3.63) is 82.8 Å². The molecule has 9 rings (SSSR count). The molecule has 3 aromatic rings. The second-order valence-corrected chi connectivity index (χ2v) is 27.4. The highest BCUT2D eigenvalue weighted by Crippen LogP contribution is 2.66. The molecule has 1 spiro atoms. The Kier molecular flexibility index (Phi) is 17.2. The highest BCUT2D eigenvalue weighted by Gasteiger charge is 2.62. The van der Waals surface area contributed by atoms with Crippen LogP contribution in [0.2, 0.25) is 20.1 Å². The maximum absolute atomic E-state index is 15.7. The number of anilines is 2. The molecule has 0 aliphatic carbocycles. The summed E-state index contributed by atoms with van der Waals surface area (Å²) in [6.45, 7) is 16.4. The van der Waals surface area contributed by atoms with E-state index in [9.17, 15) is 35.8 Å². The maximum atomic E-state index is 15.7. The predicted molar refractivity (Wildman–Crippen MR) is 301 cm³/mol. The number of benzene rings is 3. The van der Waals surface area contributed by atoms with Gasteiger partial charge in [-0.25, -0.2) is 5.01 Å². The van der Waals surface area contributed by atoms with E-state index in [-0.39, 0.29) is 87.4 Å². The number of halogens is 4. The summed E-state index contributed by atoms with van der Waals surface area (Å²) < 4.78 is 108. The van der Waals surface area contributed by atoms with E-state index >= 15 is 4.79 Å². The van der Waals surface area contributed by atoms with Crippen molar-refractivity contribution in [1.29, 1.82) is 0 Å². The van der Waals surface area contributed by atoms with E-state index in [0.29, 0.717) is 111 Å². The zero-order chi connectivity index (χ0) is 57.4. The lowest BCUT2D eigenvalue weighted by molar-refractivity contribution is -0.173. The molecule has 3 atom stereocenters. The standard InChI is InChI=1S/C54H68Cl4N4O15S2/c1-51(2,3)77-39(64)13-17-73-19-21-75-23-22-74-20-18-72-16-12-38(63)59-62-50(65)40-41(43(56)45(58)44(57)42(40)55)54(62)36-24-34-30(28-78(66,67)68)26-52(4,5)60-14-8-10-32(46(34)60)48(36)76-49-33-11-9-15-61-47(33)35(25-37(49)54)31(27-53(61,6)7)29-79(69,70)71/h24-26,31,39,64H,8-23,27-29H2,1-7H3,(H,59,63)(H,66,67,68)(H,69,70,71). The first-order valence-corrected chi connectivity index (χ1v) is 31.1. The van der Waals surface area contributed by atoms with E-state index in [4.69, 9.17) is 74.8 Å². The Bertz CT molecular complexity index is 3210. The Morgan fingerprint density at radius 3 is 1.94 bits per heavy atom. The summed E-state index contributed by atoms with van der Waals surface area (Å²) in [4.78, 5) is 34.7. The summed E-state index contributed by atoms with van der Waals surface area (Å²) in [7, 11) is -9.22. The van der Waals surface area contributed by atoms with Gasteiger partial charge in [-0.2, -0.15) is 16.8 Å². The van der Waals surface area contributed by atoms with Gasteiger partial charge in [-0.05, 0) is 104 Å². The van der Waals surface area contributed by atoms with Gasteiger partial charge in [0.25, 0.3) is 26.1 Å². The van der Waals surface area contributed by atoms with Crippen molar-refractivity contribution in [3.63, 3.8) is 0 Å². The van der Waals surface area contributed by atoms with Crippen LogP contribution in [0.1, 0.15) is 136 Å². The fraction of sp³-hybridized carbons (Fsp3) is 0.593. The highest BCUT2D eigenvalue weighted by molar-refractivity contribution is 7.86. The Labute approximate surface area is 481 Å². The van der Waals surface area contributed by atoms with Gasteiger partial charge < -0.3 is 43.3 Å². The van der Waals surface area contributed by atoms with Gasteiger partial charge >= 0.3 is 0 Å². The molecule has 0 saturated heterocycles. The van der Waals surface area contributed by atoms with Crippen molar-refractivity contribution in [2.75, 3.05) is 87.3 Å². The topological polar surface area (TPSA) is 240 Å². The molecule has 434 valence electrons. The van der Waals surface area contributed by atoms with E-state index < -0.39 is 78.0 Å². The van der Waals surface area contributed by atoms with Gasteiger partial charge in [-0.15, -0.1) is 0 Å². The van der Waals surface area contributed by atoms with Crippen molar-refractivity contribution >= 4 is 95.4 Å². The van der Waals surface area contributed by atoms with Crippen LogP contribution in [0.4, 0.5) is 11.4 Å². The van der Waals surface area contributed by atoms with Crippen LogP contribution < -0.4 is 20.0 Å². The molecule has 3 unspecified atom stereocenters. The van der Waals surface area contributed by atoms with Crippen molar-refractivity contribution in [3.8, 4) is 11.5 Å². The van der Waals surface area contributed by atoms with Gasteiger partial charge in [-0.1, -0.05) is 52.5 Å². The summed E-state index contributed by atoms with van der Waals surface area (Å²) >= 11 is 28.4. The lowest BCUT2D eigenvalue weighted by atomic mass is 9.68. The molecule has 19 nitrogen and oxygen atoms in total. The number of aliphatic hydroxyl groups is 1. The summed E-state index contributed by atoms with van der Waals surface area (Å²) in [5.74, 6) is -3.08. The minimum atomic E-state index is -4.64. The van der Waals surface area contributed by atoms with E-state index in [1.54, 1.807) is 18.2 Å². The summed E-state index contributed by atoms with van der Waals surface area (Å²) in [5, 5.41) is 10.2. The maximum Gasteiger partial charge on any atom is 0.275 e. The third-order valence-electron chi connectivity index (χ3n) is 15.3. The number of nitrogens with one attached hydrogen (secondary N) is 1. The zero-order valence-corrected chi connectivity index (χ0v) is 49.9. The Hall–Kier alpha value is -3.52. The van der Waals surface area contributed by atoms with Crippen molar-refractivity contribution in [2.24, 2.45) is 0 Å². The molecule has 3 aromatic carbocycles. The first-order valence-electron chi connectivity index (χ1n) is 26.4. The second kappa shape index (κ2) is 22.6. The van der Waals surface area contributed by atoms with Crippen LogP contribution in [0.25, 0.3) is 5.57 Å². The van der Waals surface area contributed by atoms with Gasteiger partial charge in [0.2, 0.25) is 5.91 Å². The molecular weight excluding hydrogens is 1150 g/mol. The normalized spacial score (nSPS) is 21.0. The van der Waals surface area contributed by atoms with E-state index in [1.807, 2.05) is 48.5 Å². The van der Waals surface area contributed by atoms with Gasteiger partial charge in [0, 0.05) is 70.0 Å². The van der Waals surface area contributed by atoms with Crippen molar-refractivity contribution in [2.45, 2.75) is 128 Å². The zero-order valence-electron chi connectivity index (χ0n) is 45.2. The van der Waals surface area contributed by atoms with Crippen LogP contribution in [0.3, 0.4) is 0 Å². The number of carbonyl (C=O) groups excluding carboxylic acids is 2. The number of nitrogens with zero attached hydrogens (tertiary/aromatic N) is 3. The molecule has 79 heavy (non-hydrogen) atoms. The van der Waals surface area contributed by atoms with Crippen LogP contribution in [0, 0.1) is 0 Å². The molecule has 0 aromatic heterocycles. The lowest BCUT2D eigenvalue weighted by Gasteiger charge is -2.53. The van der Waals surface area contributed by atoms with Gasteiger partial charge in [-0.3, -0.25) is 24.1 Å². The summed E-state index contributed by atoms with van der Waals surface area (Å²) in [5.41, 5.74) is 3.32. The quantitative estimate of drug-likeness (QED) is 0.0256. The first kappa shape index (κ1) is 60.1. The lowest BCUT2D eigenvalue weighted by Crippen LogP contribution is -2.57. The van der Waals surface area contributed by atoms with Crippen LogP contribution >= 0.6 is 46.4 Å². The number of rotatable bonds is 21. The number of hydrogen-bond donors (Lipinski definition) is 4. The van der Waals surface area contributed by atoms with Gasteiger partial charge in [0.15, 0.2) is 6.29 Å². The SMILES string of the molecule is CC(C)(C)OC(O)CCOCCOCCOCCOCCC(=O)NN1C(=O)c2c(Cl)c(Cl)c(Cl)c(Cl)c2C12c1cc3c4c(c1Oc1c2cc2c5c1CCCN5C(C)(C)CC2CS(=O)(=O)O)CCCN4C(C)(C)C=C3CS(=O)(=O)O. The number of amides is 2. The molecule has 2 amide bonds. The molecule has 0 fully saturated rings. The number of fused-ring (bicyclic) bond motifs is 8. The van der Waals surface area contributed by atoms with E-state index in [2.05, 4.69) is 15.2 Å². The summed E-state index contributed by atoms with van der Waals surface area (Å²) in [6, 6.07) is 3.45. The number of hydrazine groups is 1. The number of carbonyl (C=O) groups is 2. The fourth-order valence-electron chi connectivity index (χ4n) is 12.4. The molecule has 6 aliphatic rings. The van der Waals surface area contributed by atoms with Crippen LogP contribution in [-0.2, 0) is 67.1 Å². The monoisotopic (exact) mass is 1220 g/mol. The Morgan fingerprint density at radius 1 is 0.785 bits per heavy atom. The molecule has 6 aliphatic heterocycles. The number of ether oxygens (including phenoxy) is 6. The van der Waals surface area contributed by atoms with Crippen LogP contribution in [-0.4, -0.2) is 148 Å². The third-order valence-corrected chi connectivity index (χ3v) is 18.6. The average molecular weight is 1220 g/mol. The fourth-order valence-corrected chi connectivity index (χ4v) is 14.9. The molecule has 6 heterocycles. The predicted octanol–water partition coefficient (Wildman–Crippen LogP) is 8.89. The third kappa shape index (κ3) is 11.8. The smallest absolute Gasteiger partial charge is 0.275 e. The first-order chi connectivity index (χ1) is 37.0. The number of aliphatic hydroxyl groups excluding tert-OH is 1.